The number of halogens is 1. The minimum absolute atomic E-state index is 0.120. The summed E-state index contributed by atoms with van der Waals surface area (Å²) in [5, 5.41) is 0. The molecular formula is C9H10BFO2. The highest BCUT2D eigenvalue weighted by molar-refractivity contribution is 6.61. The van der Waals surface area contributed by atoms with Crippen LogP contribution in [0.1, 0.15) is 6.92 Å². The zero-order valence-electron chi connectivity index (χ0n) is 7.37. The Balaban J connectivity index is 2.13. The smallest absolute Gasteiger partial charge is 0.405 e. The van der Waals surface area contributed by atoms with E-state index < -0.39 is 0 Å². The van der Waals surface area contributed by atoms with Crippen molar-refractivity contribution in [2.45, 2.75) is 13.0 Å². The topological polar surface area (TPSA) is 18.5 Å². The van der Waals surface area contributed by atoms with Crippen molar-refractivity contribution in [3.8, 4) is 0 Å². The molecule has 1 fully saturated rings. The summed E-state index contributed by atoms with van der Waals surface area (Å²) in [7, 11) is -0.324. The molecule has 2 nitrogen and oxygen atoms in total. The summed E-state index contributed by atoms with van der Waals surface area (Å²) in [4.78, 5) is 0. The van der Waals surface area contributed by atoms with Crippen LogP contribution in [0.25, 0.3) is 0 Å². The molecule has 1 unspecified atom stereocenters. The average Bonchev–Trinajstić information content (AvgIpc) is 2.53. The molecule has 0 aliphatic carbocycles. The Labute approximate surface area is 76.8 Å². The molecule has 0 radical (unpaired) electrons. The van der Waals surface area contributed by atoms with E-state index in [-0.39, 0.29) is 19.0 Å². The third kappa shape index (κ3) is 1.90. The van der Waals surface area contributed by atoms with Gasteiger partial charge >= 0.3 is 7.12 Å². The SMILES string of the molecule is CC1COB(c2ccc(F)cc2)O1. The molecule has 68 valence electrons. The Bertz CT molecular complexity index is 288. The van der Waals surface area contributed by atoms with Gasteiger partial charge < -0.3 is 9.31 Å². The molecule has 0 amide bonds. The van der Waals surface area contributed by atoms with Gasteiger partial charge in [-0.2, -0.15) is 0 Å². The van der Waals surface area contributed by atoms with Crippen molar-refractivity contribution in [3.63, 3.8) is 0 Å². The number of hydrogen-bond donors (Lipinski definition) is 0. The average molecular weight is 180 g/mol. The first-order valence-corrected chi connectivity index (χ1v) is 4.28. The van der Waals surface area contributed by atoms with Gasteiger partial charge in [0.05, 0.1) is 12.7 Å². The molecule has 1 aromatic carbocycles. The van der Waals surface area contributed by atoms with Crippen LogP contribution in [0.5, 0.6) is 0 Å². The Kier molecular flexibility index (Phi) is 2.33. The molecule has 1 saturated heterocycles. The van der Waals surface area contributed by atoms with Gasteiger partial charge in [-0.15, -0.1) is 0 Å². The normalized spacial score (nSPS) is 22.3. The van der Waals surface area contributed by atoms with Crippen LogP contribution < -0.4 is 5.46 Å². The highest BCUT2D eigenvalue weighted by Crippen LogP contribution is 2.07. The van der Waals surface area contributed by atoms with E-state index in [4.69, 9.17) is 9.31 Å². The van der Waals surface area contributed by atoms with Crippen LogP contribution in [0.15, 0.2) is 24.3 Å². The van der Waals surface area contributed by atoms with E-state index in [0.717, 1.165) is 5.46 Å². The second kappa shape index (κ2) is 3.48. The molecule has 0 aromatic heterocycles. The van der Waals surface area contributed by atoms with E-state index in [1.807, 2.05) is 6.92 Å². The van der Waals surface area contributed by atoms with Crippen LogP contribution >= 0.6 is 0 Å². The summed E-state index contributed by atoms with van der Waals surface area (Å²) in [5.41, 5.74) is 0.866. The van der Waals surface area contributed by atoms with Gasteiger partial charge in [0, 0.05) is 0 Å². The van der Waals surface area contributed by atoms with Gasteiger partial charge in [-0.05, 0) is 24.5 Å². The van der Waals surface area contributed by atoms with Crippen LogP contribution in [0.4, 0.5) is 4.39 Å². The van der Waals surface area contributed by atoms with Crippen molar-refractivity contribution in [3.05, 3.63) is 30.1 Å². The molecule has 0 N–H and O–H groups in total. The van der Waals surface area contributed by atoms with Crippen molar-refractivity contribution in [2.75, 3.05) is 6.61 Å². The molecule has 0 bridgehead atoms. The number of benzene rings is 1. The molecule has 2 rings (SSSR count). The van der Waals surface area contributed by atoms with Crippen LogP contribution in [0.2, 0.25) is 0 Å². The molecular weight excluding hydrogens is 170 g/mol. The molecule has 0 saturated carbocycles. The second-order valence-electron chi connectivity index (χ2n) is 3.16. The van der Waals surface area contributed by atoms with Crippen LogP contribution in [-0.2, 0) is 9.31 Å². The summed E-state index contributed by atoms with van der Waals surface area (Å²) >= 11 is 0. The summed E-state index contributed by atoms with van der Waals surface area (Å²) in [6.45, 7) is 2.55. The molecule has 1 aliphatic heterocycles. The molecule has 1 atom stereocenters. The summed E-state index contributed by atoms with van der Waals surface area (Å²) in [5.74, 6) is -0.241. The van der Waals surface area contributed by atoms with E-state index in [0.29, 0.717) is 6.61 Å². The quantitative estimate of drug-likeness (QED) is 0.599. The van der Waals surface area contributed by atoms with Crippen molar-refractivity contribution < 1.29 is 13.7 Å². The third-order valence-electron chi connectivity index (χ3n) is 1.98. The van der Waals surface area contributed by atoms with Crippen LogP contribution in [0.3, 0.4) is 0 Å². The van der Waals surface area contributed by atoms with E-state index in [9.17, 15) is 4.39 Å². The van der Waals surface area contributed by atoms with Crippen molar-refractivity contribution in [1.82, 2.24) is 0 Å². The minimum Gasteiger partial charge on any atom is -0.405 e. The predicted molar refractivity (Wildman–Crippen MR) is 48.3 cm³/mol. The predicted octanol–water partition coefficient (Wildman–Crippen LogP) is 0.956. The highest BCUT2D eigenvalue weighted by Gasteiger charge is 2.30. The molecule has 0 spiro atoms. The monoisotopic (exact) mass is 180 g/mol. The highest BCUT2D eigenvalue weighted by atomic mass is 19.1. The lowest BCUT2D eigenvalue weighted by molar-refractivity contribution is 0.258. The summed E-state index contributed by atoms with van der Waals surface area (Å²) in [6, 6.07) is 6.17. The lowest BCUT2D eigenvalue weighted by atomic mass is 9.79. The maximum Gasteiger partial charge on any atom is 0.494 e. The van der Waals surface area contributed by atoms with Gasteiger partial charge in [0.25, 0.3) is 0 Å². The lowest BCUT2D eigenvalue weighted by Gasteiger charge is -2.04. The number of hydrogen-bond acceptors (Lipinski definition) is 2. The molecule has 4 heteroatoms. The largest absolute Gasteiger partial charge is 0.494 e. The first-order valence-electron chi connectivity index (χ1n) is 4.28. The first-order chi connectivity index (χ1) is 6.25. The Morgan fingerprint density at radius 2 is 2.08 bits per heavy atom. The third-order valence-corrected chi connectivity index (χ3v) is 1.98. The molecule has 1 aromatic rings. The van der Waals surface area contributed by atoms with E-state index in [2.05, 4.69) is 0 Å². The van der Waals surface area contributed by atoms with Gasteiger partial charge in [-0.1, -0.05) is 12.1 Å². The fraction of sp³-hybridized carbons (Fsp3) is 0.333. The van der Waals surface area contributed by atoms with Crippen molar-refractivity contribution >= 4 is 12.6 Å². The Morgan fingerprint density at radius 1 is 1.38 bits per heavy atom. The van der Waals surface area contributed by atoms with Gasteiger partial charge in [0.2, 0.25) is 0 Å². The molecule has 1 aliphatic rings. The fourth-order valence-corrected chi connectivity index (χ4v) is 1.31. The first kappa shape index (κ1) is 8.72. The van der Waals surface area contributed by atoms with E-state index >= 15 is 0 Å². The zero-order valence-corrected chi connectivity index (χ0v) is 7.37. The van der Waals surface area contributed by atoms with Gasteiger partial charge in [-0.3, -0.25) is 0 Å². The zero-order chi connectivity index (χ0) is 9.26. The number of rotatable bonds is 1. The van der Waals surface area contributed by atoms with E-state index in [1.54, 1.807) is 12.1 Å². The van der Waals surface area contributed by atoms with Crippen molar-refractivity contribution in [2.24, 2.45) is 0 Å². The Morgan fingerprint density at radius 3 is 2.62 bits per heavy atom. The lowest BCUT2D eigenvalue weighted by Crippen LogP contribution is -2.32. The van der Waals surface area contributed by atoms with Gasteiger partial charge in [0.1, 0.15) is 5.82 Å². The Hall–Kier alpha value is -0.865. The maximum atomic E-state index is 12.6. The summed E-state index contributed by atoms with van der Waals surface area (Å²) in [6.07, 6.45) is 0.120. The standard InChI is InChI=1S/C9H10BFO2/c1-7-6-12-10(13-7)8-2-4-9(11)5-3-8/h2-5,7H,6H2,1H3. The molecule has 13 heavy (non-hydrogen) atoms. The minimum atomic E-state index is -0.324. The fourth-order valence-electron chi connectivity index (χ4n) is 1.31. The van der Waals surface area contributed by atoms with Crippen molar-refractivity contribution in [1.29, 1.82) is 0 Å². The second-order valence-corrected chi connectivity index (χ2v) is 3.16. The van der Waals surface area contributed by atoms with Gasteiger partial charge in [-0.25, -0.2) is 4.39 Å². The van der Waals surface area contributed by atoms with E-state index in [1.165, 1.54) is 12.1 Å². The van der Waals surface area contributed by atoms with Gasteiger partial charge in [0.15, 0.2) is 0 Å². The van der Waals surface area contributed by atoms with Crippen LogP contribution in [0, 0.1) is 5.82 Å². The summed E-state index contributed by atoms with van der Waals surface area (Å²) < 4.78 is 23.4. The van der Waals surface area contributed by atoms with Crippen LogP contribution in [-0.4, -0.2) is 19.8 Å². The maximum absolute atomic E-state index is 12.6. The molecule has 1 heterocycles.